The standard InChI is InChI=1S/C21H25N3O2S/c1-15(11-12-22-20(25)10-4-7-17-8-5-13-27-17)23-21(26)19-14-16-6-2-3-9-18(16)24-19/h2-3,5-6,8-9,13-15,24H,4,7,10-12H2,1H3,(H,22,25)(H,23,26)/t15-/m0/s1. The van der Waals surface area contributed by atoms with E-state index in [1.807, 2.05) is 43.3 Å². The van der Waals surface area contributed by atoms with Gasteiger partial charge < -0.3 is 15.6 Å². The second kappa shape index (κ2) is 9.37. The molecular weight excluding hydrogens is 358 g/mol. The molecule has 0 fully saturated rings. The molecule has 142 valence electrons. The summed E-state index contributed by atoms with van der Waals surface area (Å²) in [5.41, 5.74) is 1.51. The lowest BCUT2D eigenvalue weighted by atomic mass is 10.2. The summed E-state index contributed by atoms with van der Waals surface area (Å²) in [4.78, 5) is 28.7. The second-order valence-electron chi connectivity index (χ2n) is 6.72. The Bertz CT molecular complexity index is 853. The van der Waals surface area contributed by atoms with Gasteiger partial charge >= 0.3 is 0 Å². The quantitative estimate of drug-likeness (QED) is 0.525. The molecule has 6 heteroatoms. The zero-order valence-corrected chi connectivity index (χ0v) is 16.3. The smallest absolute Gasteiger partial charge is 0.267 e. The molecule has 0 bridgehead atoms. The molecule has 1 atom stereocenters. The molecule has 1 aromatic carbocycles. The molecule has 2 amide bonds. The van der Waals surface area contributed by atoms with Gasteiger partial charge in [0, 0.05) is 34.8 Å². The zero-order valence-electron chi connectivity index (χ0n) is 15.5. The largest absolute Gasteiger partial charge is 0.356 e. The number of aromatic amines is 1. The predicted molar refractivity (Wildman–Crippen MR) is 110 cm³/mol. The van der Waals surface area contributed by atoms with Crippen molar-refractivity contribution in [1.29, 1.82) is 0 Å². The number of aromatic nitrogens is 1. The van der Waals surface area contributed by atoms with E-state index in [0.29, 0.717) is 25.1 Å². The third kappa shape index (κ3) is 5.69. The van der Waals surface area contributed by atoms with Gasteiger partial charge in [-0.25, -0.2) is 0 Å². The van der Waals surface area contributed by atoms with Crippen molar-refractivity contribution in [3.05, 3.63) is 58.4 Å². The number of hydrogen-bond acceptors (Lipinski definition) is 3. The van der Waals surface area contributed by atoms with Crippen molar-refractivity contribution in [2.24, 2.45) is 0 Å². The predicted octanol–water partition coefficient (Wildman–Crippen LogP) is 3.88. The van der Waals surface area contributed by atoms with E-state index in [-0.39, 0.29) is 17.9 Å². The van der Waals surface area contributed by atoms with Crippen molar-refractivity contribution in [2.45, 2.75) is 38.6 Å². The third-order valence-electron chi connectivity index (χ3n) is 4.46. The summed E-state index contributed by atoms with van der Waals surface area (Å²) >= 11 is 1.73. The van der Waals surface area contributed by atoms with Gasteiger partial charge in [-0.1, -0.05) is 24.3 Å². The second-order valence-corrected chi connectivity index (χ2v) is 7.75. The van der Waals surface area contributed by atoms with Crippen molar-refractivity contribution in [2.75, 3.05) is 6.54 Å². The molecule has 0 aliphatic carbocycles. The number of carbonyl (C=O) groups excluding carboxylic acids is 2. The molecule has 2 aromatic heterocycles. The van der Waals surface area contributed by atoms with E-state index in [1.54, 1.807) is 11.3 Å². The van der Waals surface area contributed by atoms with Gasteiger partial charge in [0.25, 0.3) is 5.91 Å². The Balaban J connectivity index is 1.34. The molecule has 3 rings (SSSR count). The highest BCUT2D eigenvalue weighted by Gasteiger charge is 2.12. The average Bonchev–Trinajstić information content (AvgIpc) is 3.31. The lowest BCUT2D eigenvalue weighted by Crippen LogP contribution is -2.36. The fraction of sp³-hybridized carbons (Fsp3) is 0.333. The van der Waals surface area contributed by atoms with Crippen LogP contribution in [-0.2, 0) is 11.2 Å². The monoisotopic (exact) mass is 383 g/mol. The Hall–Kier alpha value is -2.60. The van der Waals surface area contributed by atoms with E-state index < -0.39 is 0 Å². The van der Waals surface area contributed by atoms with E-state index in [2.05, 4.69) is 27.1 Å². The molecule has 0 saturated heterocycles. The van der Waals surface area contributed by atoms with E-state index >= 15 is 0 Å². The molecule has 0 radical (unpaired) electrons. The molecule has 0 aliphatic heterocycles. The highest BCUT2D eigenvalue weighted by molar-refractivity contribution is 7.09. The Morgan fingerprint density at radius 3 is 2.81 bits per heavy atom. The van der Waals surface area contributed by atoms with Crippen LogP contribution in [0, 0.1) is 0 Å². The van der Waals surface area contributed by atoms with Crippen LogP contribution in [0.15, 0.2) is 47.8 Å². The van der Waals surface area contributed by atoms with Gasteiger partial charge in [-0.2, -0.15) is 0 Å². The average molecular weight is 384 g/mol. The summed E-state index contributed by atoms with van der Waals surface area (Å²) in [6.07, 6.45) is 3.04. The van der Waals surface area contributed by atoms with Crippen LogP contribution >= 0.6 is 11.3 Å². The molecule has 2 heterocycles. The number of hydrogen-bond donors (Lipinski definition) is 3. The van der Waals surface area contributed by atoms with Crippen LogP contribution < -0.4 is 10.6 Å². The van der Waals surface area contributed by atoms with E-state index in [0.717, 1.165) is 23.7 Å². The number of benzene rings is 1. The first kappa shape index (κ1) is 19.2. The van der Waals surface area contributed by atoms with Crippen molar-refractivity contribution >= 4 is 34.1 Å². The van der Waals surface area contributed by atoms with Gasteiger partial charge in [-0.15, -0.1) is 11.3 Å². The van der Waals surface area contributed by atoms with Crippen molar-refractivity contribution in [1.82, 2.24) is 15.6 Å². The first-order valence-corrected chi connectivity index (χ1v) is 10.2. The molecular formula is C21H25N3O2S. The van der Waals surface area contributed by atoms with Crippen molar-refractivity contribution in [3.63, 3.8) is 0 Å². The number of H-pyrrole nitrogens is 1. The van der Waals surface area contributed by atoms with Gasteiger partial charge in [0.2, 0.25) is 5.91 Å². The van der Waals surface area contributed by atoms with Crippen LogP contribution in [0.4, 0.5) is 0 Å². The minimum atomic E-state index is -0.124. The number of thiophene rings is 1. The lowest BCUT2D eigenvalue weighted by Gasteiger charge is -2.13. The minimum Gasteiger partial charge on any atom is -0.356 e. The van der Waals surface area contributed by atoms with Gasteiger partial charge in [0.05, 0.1) is 0 Å². The maximum absolute atomic E-state index is 12.3. The topological polar surface area (TPSA) is 74.0 Å². The SMILES string of the molecule is C[C@@H](CCNC(=O)CCCc1cccs1)NC(=O)c1cc2ccccc2[nH]1. The normalized spacial score (nSPS) is 12.0. The lowest BCUT2D eigenvalue weighted by molar-refractivity contribution is -0.121. The van der Waals surface area contributed by atoms with Gasteiger partial charge in [0.15, 0.2) is 0 Å². The zero-order chi connectivity index (χ0) is 19.1. The number of fused-ring (bicyclic) bond motifs is 1. The molecule has 3 aromatic rings. The summed E-state index contributed by atoms with van der Waals surface area (Å²) < 4.78 is 0. The Kier molecular flexibility index (Phi) is 6.65. The number of para-hydroxylation sites is 1. The molecule has 0 unspecified atom stereocenters. The highest BCUT2D eigenvalue weighted by Crippen LogP contribution is 2.14. The number of amides is 2. The summed E-state index contributed by atoms with van der Waals surface area (Å²) in [7, 11) is 0. The Labute approximate surface area is 163 Å². The van der Waals surface area contributed by atoms with Crippen LogP contribution in [0.25, 0.3) is 10.9 Å². The first-order chi connectivity index (χ1) is 13.1. The van der Waals surface area contributed by atoms with Gasteiger partial charge in [-0.05, 0) is 49.8 Å². The maximum Gasteiger partial charge on any atom is 0.267 e. The molecule has 5 nitrogen and oxygen atoms in total. The minimum absolute atomic E-state index is 0.0182. The summed E-state index contributed by atoms with van der Waals surface area (Å²) in [6, 6.07) is 13.8. The van der Waals surface area contributed by atoms with Crippen LogP contribution in [0.3, 0.4) is 0 Å². The van der Waals surface area contributed by atoms with E-state index in [9.17, 15) is 9.59 Å². The Morgan fingerprint density at radius 1 is 1.19 bits per heavy atom. The third-order valence-corrected chi connectivity index (χ3v) is 5.39. The summed E-state index contributed by atoms with van der Waals surface area (Å²) in [5.74, 6) is -0.0540. The van der Waals surface area contributed by atoms with Crippen LogP contribution in [0.2, 0.25) is 0 Å². The number of carbonyl (C=O) groups is 2. The summed E-state index contributed by atoms with van der Waals surface area (Å²) in [6.45, 7) is 2.51. The van der Waals surface area contributed by atoms with Crippen LogP contribution in [-0.4, -0.2) is 29.4 Å². The molecule has 3 N–H and O–H groups in total. The molecule has 27 heavy (non-hydrogen) atoms. The number of aryl methyl sites for hydroxylation is 1. The number of nitrogens with one attached hydrogen (secondary N) is 3. The summed E-state index contributed by atoms with van der Waals surface area (Å²) in [5, 5.41) is 8.98. The molecule has 0 saturated carbocycles. The van der Waals surface area contributed by atoms with Gasteiger partial charge in [0.1, 0.15) is 5.69 Å². The highest BCUT2D eigenvalue weighted by atomic mass is 32.1. The first-order valence-electron chi connectivity index (χ1n) is 9.29. The maximum atomic E-state index is 12.3. The molecule has 0 aliphatic rings. The van der Waals surface area contributed by atoms with E-state index in [1.165, 1.54) is 4.88 Å². The van der Waals surface area contributed by atoms with Crippen molar-refractivity contribution < 1.29 is 9.59 Å². The molecule has 0 spiro atoms. The number of rotatable bonds is 9. The van der Waals surface area contributed by atoms with Crippen LogP contribution in [0.1, 0.15) is 41.6 Å². The van der Waals surface area contributed by atoms with Gasteiger partial charge in [-0.3, -0.25) is 9.59 Å². The van der Waals surface area contributed by atoms with Crippen molar-refractivity contribution in [3.8, 4) is 0 Å². The Morgan fingerprint density at radius 2 is 2.04 bits per heavy atom. The fourth-order valence-corrected chi connectivity index (χ4v) is 3.72. The van der Waals surface area contributed by atoms with E-state index in [4.69, 9.17) is 0 Å². The van der Waals surface area contributed by atoms with Crippen LogP contribution in [0.5, 0.6) is 0 Å². The fourth-order valence-electron chi connectivity index (χ4n) is 2.96.